The fraction of sp³-hybridized carbons (Fsp3) is 0.667. The molecule has 0 fully saturated rings. The molecule has 1 nitrogen and oxygen atoms in total. The van der Waals surface area contributed by atoms with Crippen LogP contribution in [0.4, 0.5) is 0 Å². The molecule has 1 N–H and O–H groups in total. The van der Waals surface area contributed by atoms with Gasteiger partial charge in [0.25, 0.3) is 0 Å². The molecule has 108 valence electrons. The summed E-state index contributed by atoms with van der Waals surface area (Å²) in [4.78, 5) is 0. The minimum atomic E-state index is 0.368. The number of rotatable bonds is 5. The normalized spacial score (nSPS) is 15.3. The third kappa shape index (κ3) is 4.65. The van der Waals surface area contributed by atoms with Gasteiger partial charge in [0.05, 0.1) is 0 Å². The third-order valence-electron chi connectivity index (χ3n) is 4.45. The van der Waals surface area contributed by atoms with Crippen LogP contribution in [0.3, 0.4) is 0 Å². The minimum absolute atomic E-state index is 0.368. The van der Waals surface area contributed by atoms with Crippen LogP contribution in [-0.4, -0.2) is 6.54 Å². The van der Waals surface area contributed by atoms with Crippen LogP contribution < -0.4 is 5.32 Å². The summed E-state index contributed by atoms with van der Waals surface area (Å²) in [5.41, 5.74) is 4.57. The van der Waals surface area contributed by atoms with E-state index >= 15 is 0 Å². The van der Waals surface area contributed by atoms with Gasteiger partial charge in [-0.15, -0.1) is 0 Å². The Morgan fingerprint density at radius 2 is 1.74 bits per heavy atom. The van der Waals surface area contributed by atoms with Crippen molar-refractivity contribution in [2.75, 3.05) is 6.54 Å². The molecule has 0 aliphatic rings. The smallest absolute Gasteiger partial charge is 0.0322 e. The van der Waals surface area contributed by atoms with E-state index in [9.17, 15) is 0 Å². The van der Waals surface area contributed by atoms with Crippen molar-refractivity contribution in [3.05, 3.63) is 34.9 Å². The van der Waals surface area contributed by atoms with Gasteiger partial charge in [-0.05, 0) is 54.8 Å². The van der Waals surface area contributed by atoms with Crippen LogP contribution in [-0.2, 0) is 0 Å². The molecular formula is C18H31N. The summed E-state index contributed by atoms with van der Waals surface area (Å²) in [5, 5.41) is 3.65. The van der Waals surface area contributed by atoms with Gasteiger partial charge in [0.1, 0.15) is 0 Å². The minimum Gasteiger partial charge on any atom is -0.310 e. The van der Waals surface area contributed by atoms with Gasteiger partial charge < -0.3 is 5.32 Å². The highest BCUT2D eigenvalue weighted by Crippen LogP contribution is 2.33. The van der Waals surface area contributed by atoms with Crippen molar-refractivity contribution in [1.82, 2.24) is 5.32 Å². The van der Waals surface area contributed by atoms with Gasteiger partial charge in [-0.25, -0.2) is 0 Å². The van der Waals surface area contributed by atoms with Gasteiger partial charge in [0, 0.05) is 6.04 Å². The lowest BCUT2D eigenvalue weighted by Gasteiger charge is -2.31. The first-order valence-corrected chi connectivity index (χ1v) is 7.56. The molecule has 0 aliphatic heterocycles. The third-order valence-corrected chi connectivity index (χ3v) is 4.45. The van der Waals surface area contributed by atoms with Gasteiger partial charge in [-0.1, -0.05) is 52.8 Å². The number of hydrogen-bond donors (Lipinski definition) is 1. The first kappa shape index (κ1) is 16.2. The van der Waals surface area contributed by atoms with Crippen molar-refractivity contribution in [3.63, 3.8) is 0 Å². The van der Waals surface area contributed by atoms with E-state index < -0.39 is 0 Å². The molecule has 1 aromatic carbocycles. The standard InChI is InChI=1S/C18H31N/c1-8-19-17(12-15(4)18(5,6)7)16-10-9-13(2)14(3)11-16/h9-11,15,17,19H,8,12H2,1-7H3. The van der Waals surface area contributed by atoms with E-state index in [1.807, 2.05) is 0 Å². The first-order valence-electron chi connectivity index (χ1n) is 7.56. The Morgan fingerprint density at radius 1 is 1.11 bits per heavy atom. The van der Waals surface area contributed by atoms with Gasteiger partial charge in [0.2, 0.25) is 0 Å². The zero-order valence-electron chi connectivity index (χ0n) is 13.8. The lowest BCUT2D eigenvalue weighted by Crippen LogP contribution is -2.27. The lowest BCUT2D eigenvalue weighted by atomic mass is 9.77. The predicted octanol–water partition coefficient (Wildman–Crippen LogP) is 5.03. The van der Waals surface area contributed by atoms with Gasteiger partial charge in [0.15, 0.2) is 0 Å². The predicted molar refractivity (Wildman–Crippen MR) is 85.6 cm³/mol. The summed E-state index contributed by atoms with van der Waals surface area (Å²) in [7, 11) is 0. The van der Waals surface area contributed by atoms with Crippen LogP contribution in [0.2, 0.25) is 0 Å². The van der Waals surface area contributed by atoms with E-state index in [2.05, 4.69) is 72.0 Å². The van der Waals surface area contributed by atoms with Crippen LogP contribution in [0.1, 0.15) is 63.8 Å². The molecule has 0 aliphatic carbocycles. The summed E-state index contributed by atoms with van der Waals surface area (Å²) in [6, 6.07) is 7.35. The van der Waals surface area contributed by atoms with E-state index in [1.54, 1.807) is 0 Å². The second-order valence-electron chi connectivity index (χ2n) is 6.96. The summed E-state index contributed by atoms with van der Waals surface area (Å²) < 4.78 is 0. The summed E-state index contributed by atoms with van der Waals surface area (Å²) >= 11 is 0. The maximum Gasteiger partial charge on any atom is 0.0322 e. The van der Waals surface area contributed by atoms with Crippen LogP contribution in [0.15, 0.2) is 18.2 Å². The highest BCUT2D eigenvalue weighted by Gasteiger charge is 2.24. The monoisotopic (exact) mass is 261 g/mol. The maximum absolute atomic E-state index is 3.65. The number of benzene rings is 1. The van der Waals surface area contributed by atoms with Crippen LogP contribution >= 0.6 is 0 Å². The average molecular weight is 261 g/mol. The first-order chi connectivity index (χ1) is 8.75. The molecule has 0 radical (unpaired) electrons. The molecule has 1 aromatic rings. The molecule has 0 bridgehead atoms. The van der Waals surface area contributed by atoms with Crippen molar-refractivity contribution in [1.29, 1.82) is 0 Å². The second kappa shape index (κ2) is 6.56. The molecule has 2 unspecified atom stereocenters. The zero-order chi connectivity index (χ0) is 14.6. The Bertz CT molecular complexity index is 401. The summed E-state index contributed by atoms with van der Waals surface area (Å²) in [6.07, 6.45) is 1.19. The molecule has 0 aromatic heterocycles. The fourth-order valence-corrected chi connectivity index (χ4v) is 2.27. The zero-order valence-corrected chi connectivity index (χ0v) is 13.8. The fourth-order valence-electron chi connectivity index (χ4n) is 2.27. The van der Waals surface area contributed by atoms with Gasteiger partial charge >= 0.3 is 0 Å². The second-order valence-corrected chi connectivity index (χ2v) is 6.96. The molecule has 2 atom stereocenters. The molecular weight excluding hydrogens is 230 g/mol. The molecule has 19 heavy (non-hydrogen) atoms. The average Bonchev–Trinajstić information content (AvgIpc) is 2.31. The Balaban J connectivity index is 2.90. The van der Waals surface area contributed by atoms with E-state index in [4.69, 9.17) is 0 Å². The van der Waals surface area contributed by atoms with E-state index in [0.717, 1.165) is 6.54 Å². The Morgan fingerprint density at radius 3 is 2.21 bits per heavy atom. The van der Waals surface area contributed by atoms with E-state index in [-0.39, 0.29) is 0 Å². The maximum atomic E-state index is 3.65. The van der Waals surface area contributed by atoms with Crippen LogP contribution in [0.25, 0.3) is 0 Å². The van der Waals surface area contributed by atoms with Crippen molar-refractivity contribution in [2.24, 2.45) is 11.3 Å². The highest BCUT2D eigenvalue weighted by atomic mass is 14.9. The van der Waals surface area contributed by atoms with Crippen molar-refractivity contribution < 1.29 is 0 Å². The summed E-state index contributed by atoms with van der Waals surface area (Å²) in [5.74, 6) is 0.693. The molecule has 1 rings (SSSR count). The Kier molecular flexibility index (Phi) is 5.61. The van der Waals surface area contributed by atoms with Crippen LogP contribution in [0, 0.1) is 25.2 Å². The highest BCUT2D eigenvalue weighted by molar-refractivity contribution is 5.31. The molecule has 1 heteroatoms. The van der Waals surface area contributed by atoms with Crippen molar-refractivity contribution in [2.45, 2.75) is 60.9 Å². The topological polar surface area (TPSA) is 12.0 Å². The summed E-state index contributed by atoms with van der Waals surface area (Å²) in [6.45, 7) is 17.0. The van der Waals surface area contributed by atoms with E-state index in [1.165, 1.54) is 23.1 Å². The molecule has 0 amide bonds. The number of hydrogen-bond acceptors (Lipinski definition) is 1. The Labute approximate surface area is 119 Å². The molecule has 0 heterocycles. The van der Waals surface area contributed by atoms with Gasteiger partial charge in [-0.2, -0.15) is 0 Å². The SMILES string of the molecule is CCNC(CC(C)C(C)(C)C)c1ccc(C)c(C)c1. The number of aryl methyl sites for hydroxylation is 2. The molecule has 0 spiro atoms. The van der Waals surface area contributed by atoms with Crippen molar-refractivity contribution >= 4 is 0 Å². The van der Waals surface area contributed by atoms with Gasteiger partial charge in [-0.3, -0.25) is 0 Å². The van der Waals surface area contributed by atoms with E-state index in [0.29, 0.717) is 17.4 Å². The Hall–Kier alpha value is -0.820. The molecule has 0 saturated carbocycles. The quantitative estimate of drug-likeness (QED) is 0.784. The molecule has 0 saturated heterocycles. The number of nitrogens with one attached hydrogen (secondary N) is 1. The van der Waals surface area contributed by atoms with Crippen LogP contribution in [0.5, 0.6) is 0 Å². The lowest BCUT2D eigenvalue weighted by molar-refractivity contribution is 0.224. The largest absolute Gasteiger partial charge is 0.310 e. The van der Waals surface area contributed by atoms with Crippen molar-refractivity contribution in [3.8, 4) is 0 Å².